The fourth-order valence-corrected chi connectivity index (χ4v) is 6.90. The number of aromatic amines is 2. The molecule has 6 rings (SSSR count). The predicted molar refractivity (Wildman–Crippen MR) is 174 cm³/mol. The van der Waals surface area contributed by atoms with Crippen LogP contribution in [0.3, 0.4) is 0 Å². The van der Waals surface area contributed by atoms with Crippen molar-refractivity contribution in [1.29, 1.82) is 0 Å². The Balaban J connectivity index is 1.32. The molecule has 0 saturated carbocycles. The lowest BCUT2D eigenvalue weighted by Gasteiger charge is -2.17. The van der Waals surface area contributed by atoms with Gasteiger partial charge < -0.3 is 19.4 Å². The summed E-state index contributed by atoms with van der Waals surface area (Å²) in [7, 11) is -4.18. The van der Waals surface area contributed by atoms with Crippen LogP contribution in [-0.4, -0.2) is 41.6 Å². The van der Waals surface area contributed by atoms with E-state index >= 15 is 0 Å². The molecule has 0 aliphatic rings. The number of nitrogens with zero attached hydrogens (tertiary/aromatic N) is 2. The highest BCUT2D eigenvalue weighted by atomic mass is 32.2. The molecule has 2 N–H and O–H groups in total. The lowest BCUT2D eigenvalue weighted by molar-refractivity contribution is 0.310. The first-order chi connectivity index (χ1) is 22.9. The smallest absolute Gasteiger partial charge is 0.207 e. The van der Waals surface area contributed by atoms with Crippen molar-refractivity contribution in [2.75, 3.05) is 13.2 Å². The Morgan fingerprint density at radius 3 is 1.40 bits per heavy atom. The van der Waals surface area contributed by atoms with Crippen LogP contribution in [0.4, 0.5) is 8.78 Å². The van der Waals surface area contributed by atoms with Crippen LogP contribution in [0.15, 0.2) is 120 Å². The SMILES string of the molecule is O=S(=O)(c1ccc(OCCCc2c[nH]cn2)cc1-c1ccc(F)cc1)c1ccc(OCCCc2c[nH]cn2)cc1-c1ccc(F)cc1. The molecule has 0 unspecified atom stereocenters. The number of aryl methyl sites for hydroxylation is 2. The molecule has 11 heteroatoms. The predicted octanol–water partition coefficient (Wildman–Crippen LogP) is 7.60. The van der Waals surface area contributed by atoms with Crippen molar-refractivity contribution in [1.82, 2.24) is 19.9 Å². The summed E-state index contributed by atoms with van der Waals surface area (Å²) in [5.41, 5.74) is 3.57. The van der Waals surface area contributed by atoms with E-state index in [0.29, 0.717) is 59.8 Å². The first kappa shape index (κ1) is 31.7. The number of H-pyrrole nitrogens is 2. The van der Waals surface area contributed by atoms with E-state index in [2.05, 4.69) is 19.9 Å². The van der Waals surface area contributed by atoms with Crippen molar-refractivity contribution < 1.29 is 26.7 Å². The van der Waals surface area contributed by atoms with Crippen LogP contribution in [0, 0.1) is 11.6 Å². The Morgan fingerprint density at radius 2 is 1.02 bits per heavy atom. The minimum absolute atomic E-state index is 0.0176. The minimum Gasteiger partial charge on any atom is -0.494 e. The van der Waals surface area contributed by atoms with Gasteiger partial charge in [-0.1, -0.05) is 24.3 Å². The van der Waals surface area contributed by atoms with Crippen LogP contribution in [-0.2, 0) is 22.7 Å². The van der Waals surface area contributed by atoms with E-state index in [1.807, 2.05) is 12.4 Å². The van der Waals surface area contributed by atoms with Gasteiger partial charge in [-0.15, -0.1) is 0 Å². The third-order valence-electron chi connectivity index (χ3n) is 7.59. The molecule has 240 valence electrons. The van der Waals surface area contributed by atoms with Gasteiger partial charge in [-0.25, -0.2) is 27.2 Å². The number of hydrogen-bond donors (Lipinski definition) is 2. The number of halogens is 2. The largest absolute Gasteiger partial charge is 0.494 e. The second-order valence-electron chi connectivity index (χ2n) is 10.9. The molecule has 4 aromatic carbocycles. The monoisotopic (exact) mass is 654 g/mol. The summed E-state index contributed by atoms with van der Waals surface area (Å²) in [6, 6.07) is 20.8. The van der Waals surface area contributed by atoms with E-state index in [4.69, 9.17) is 9.47 Å². The molecule has 2 heterocycles. The first-order valence-corrected chi connectivity index (χ1v) is 16.6. The number of imidazole rings is 2. The fraction of sp³-hybridized carbons (Fsp3) is 0.167. The third kappa shape index (κ3) is 7.75. The Morgan fingerprint density at radius 1 is 0.596 bits per heavy atom. The van der Waals surface area contributed by atoms with Crippen molar-refractivity contribution >= 4 is 9.84 Å². The number of benzene rings is 4. The number of ether oxygens (including phenoxy) is 2. The minimum atomic E-state index is -4.18. The van der Waals surface area contributed by atoms with Gasteiger partial charge in [-0.3, -0.25) is 0 Å². The van der Waals surface area contributed by atoms with Gasteiger partial charge in [0.25, 0.3) is 0 Å². The molecule has 0 saturated heterocycles. The van der Waals surface area contributed by atoms with Crippen molar-refractivity contribution in [2.45, 2.75) is 35.5 Å². The van der Waals surface area contributed by atoms with Crippen molar-refractivity contribution in [3.8, 4) is 33.8 Å². The number of nitrogens with one attached hydrogen (secondary N) is 2. The van der Waals surface area contributed by atoms with Gasteiger partial charge in [-0.2, -0.15) is 0 Å². The van der Waals surface area contributed by atoms with Gasteiger partial charge >= 0.3 is 0 Å². The van der Waals surface area contributed by atoms with E-state index in [0.717, 1.165) is 24.2 Å². The van der Waals surface area contributed by atoms with Crippen LogP contribution in [0.5, 0.6) is 11.5 Å². The molecule has 0 aliphatic heterocycles. The average Bonchev–Trinajstić information content (AvgIpc) is 3.81. The molecule has 0 amide bonds. The standard InChI is InChI=1S/C36H32F2N4O4S/c37-27-9-5-25(6-10-27)33-19-31(45-17-1-3-29-21-39-23-41-29)13-15-35(33)47(43,44)36-16-14-32(46-18-2-4-30-22-40-24-42-30)20-34(36)26-7-11-28(38)12-8-26/h5-16,19-24H,1-4,17-18H2,(H,39,41)(H,40,42). The second-order valence-corrected chi connectivity index (χ2v) is 12.7. The van der Waals surface area contributed by atoms with Gasteiger partial charge in [0.2, 0.25) is 9.84 Å². The molecular weight excluding hydrogens is 622 g/mol. The highest BCUT2D eigenvalue weighted by Crippen LogP contribution is 2.39. The molecule has 0 spiro atoms. The van der Waals surface area contributed by atoms with E-state index in [-0.39, 0.29) is 9.79 Å². The molecule has 8 nitrogen and oxygen atoms in total. The number of sulfone groups is 1. The Labute approximate surface area is 271 Å². The van der Waals surface area contributed by atoms with Crippen LogP contribution in [0.2, 0.25) is 0 Å². The first-order valence-electron chi connectivity index (χ1n) is 15.1. The summed E-state index contributed by atoms with van der Waals surface area (Å²) >= 11 is 0. The quantitative estimate of drug-likeness (QED) is 0.117. The highest BCUT2D eigenvalue weighted by Gasteiger charge is 2.27. The van der Waals surface area contributed by atoms with Crippen LogP contribution < -0.4 is 9.47 Å². The maximum absolute atomic E-state index is 14.5. The van der Waals surface area contributed by atoms with Gasteiger partial charge in [0.15, 0.2) is 0 Å². The Bertz CT molecular complexity index is 1870. The van der Waals surface area contributed by atoms with E-state index in [1.54, 1.807) is 36.9 Å². The normalized spacial score (nSPS) is 11.4. The van der Waals surface area contributed by atoms with Crippen molar-refractivity contribution in [3.05, 3.63) is 133 Å². The molecule has 0 aliphatic carbocycles. The Hall–Kier alpha value is -5.29. The van der Waals surface area contributed by atoms with Gasteiger partial charge in [-0.05, 0) is 97.5 Å². The topological polar surface area (TPSA) is 110 Å². The molecule has 0 bridgehead atoms. The zero-order valence-corrected chi connectivity index (χ0v) is 26.1. The summed E-state index contributed by atoms with van der Waals surface area (Å²) in [6.45, 7) is 0.777. The summed E-state index contributed by atoms with van der Waals surface area (Å²) in [5, 5.41) is 0. The van der Waals surface area contributed by atoms with Crippen LogP contribution in [0.1, 0.15) is 24.2 Å². The molecule has 0 radical (unpaired) electrons. The molecule has 2 aromatic heterocycles. The lowest BCUT2D eigenvalue weighted by atomic mass is 10.1. The van der Waals surface area contributed by atoms with Crippen molar-refractivity contribution in [3.63, 3.8) is 0 Å². The summed E-state index contributed by atoms with van der Waals surface area (Å²) in [4.78, 5) is 14.3. The zero-order valence-electron chi connectivity index (χ0n) is 25.3. The van der Waals surface area contributed by atoms with Crippen molar-refractivity contribution in [2.24, 2.45) is 0 Å². The zero-order chi connectivity index (χ0) is 32.6. The summed E-state index contributed by atoms with van der Waals surface area (Å²) in [5.74, 6) is 0.0650. The summed E-state index contributed by atoms with van der Waals surface area (Å²) in [6.07, 6.45) is 9.74. The summed E-state index contributed by atoms with van der Waals surface area (Å²) < 4.78 is 68.8. The van der Waals surface area contributed by atoms with E-state index < -0.39 is 21.5 Å². The van der Waals surface area contributed by atoms with Crippen LogP contribution >= 0.6 is 0 Å². The maximum atomic E-state index is 14.5. The maximum Gasteiger partial charge on any atom is 0.207 e. The van der Waals surface area contributed by atoms with Gasteiger partial charge in [0.05, 0.1) is 47.0 Å². The number of rotatable bonds is 14. The van der Waals surface area contributed by atoms with Gasteiger partial charge in [0, 0.05) is 23.5 Å². The Kier molecular flexibility index (Phi) is 9.72. The fourth-order valence-electron chi connectivity index (χ4n) is 5.24. The van der Waals surface area contributed by atoms with Gasteiger partial charge in [0.1, 0.15) is 23.1 Å². The third-order valence-corrected chi connectivity index (χ3v) is 9.46. The molecule has 0 fully saturated rings. The molecule has 6 aromatic rings. The molecule has 47 heavy (non-hydrogen) atoms. The van der Waals surface area contributed by atoms with E-state index in [1.165, 1.54) is 60.7 Å². The highest BCUT2D eigenvalue weighted by molar-refractivity contribution is 7.91. The van der Waals surface area contributed by atoms with Crippen LogP contribution in [0.25, 0.3) is 22.3 Å². The number of hydrogen-bond acceptors (Lipinski definition) is 6. The van der Waals surface area contributed by atoms with E-state index in [9.17, 15) is 17.2 Å². The lowest BCUT2D eigenvalue weighted by Crippen LogP contribution is -2.08. The molecular formula is C36H32F2N4O4S. The second kappa shape index (κ2) is 14.4. The molecule has 0 atom stereocenters. The number of aromatic nitrogens is 4. The average molecular weight is 655 g/mol.